The molecule has 0 saturated heterocycles. The molecule has 6 nitrogen and oxygen atoms in total. The van der Waals surface area contributed by atoms with E-state index in [0.717, 1.165) is 5.56 Å². The summed E-state index contributed by atoms with van der Waals surface area (Å²) in [5, 5.41) is 2.88. The number of hydrogen-bond donors (Lipinski definition) is 1. The van der Waals surface area contributed by atoms with Gasteiger partial charge in [0, 0.05) is 18.2 Å². The van der Waals surface area contributed by atoms with E-state index in [1.165, 1.54) is 0 Å². The molecule has 27 heavy (non-hydrogen) atoms. The molecular weight excluding hydrogens is 344 g/mol. The van der Waals surface area contributed by atoms with Crippen molar-refractivity contribution in [3.8, 4) is 11.5 Å². The summed E-state index contributed by atoms with van der Waals surface area (Å²) >= 11 is 0. The minimum Gasteiger partial charge on any atom is -0.494 e. The zero-order chi connectivity index (χ0) is 19.4. The molecule has 0 aliphatic carbocycles. The molecule has 1 heterocycles. The Kier molecular flexibility index (Phi) is 5.64. The molecule has 0 bridgehead atoms. The second-order valence-corrected chi connectivity index (χ2v) is 6.28. The first kappa shape index (κ1) is 18.8. The third kappa shape index (κ3) is 3.89. The Morgan fingerprint density at radius 1 is 1.15 bits per heavy atom. The van der Waals surface area contributed by atoms with Crippen LogP contribution in [-0.2, 0) is 11.3 Å². The Balaban J connectivity index is 1.77. The van der Waals surface area contributed by atoms with Gasteiger partial charge in [0.2, 0.25) is 5.91 Å². The highest BCUT2D eigenvalue weighted by atomic mass is 16.5. The van der Waals surface area contributed by atoms with Crippen molar-refractivity contribution in [2.24, 2.45) is 0 Å². The average Bonchev–Trinajstić information content (AvgIpc) is 3.00. The minimum atomic E-state index is -0.616. The van der Waals surface area contributed by atoms with E-state index in [1.54, 1.807) is 36.1 Å². The van der Waals surface area contributed by atoms with Gasteiger partial charge < -0.3 is 19.7 Å². The summed E-state index contributed by atoms with van der Waals surface area (Å²) in [7, 11) is 0. The molecule has 1 aliphatic heterocycles. The maximum atomic E-state index is 12.8. The molecule has 6 heteroatoms. The van der Waals surface area contributed by atoms with Gasteiger partial charge in [-0.15, -0.1) is 0 Å². The van der Waals surface area contributed by atoms with Crippen molar-refractivity contribution in [3.63, 3.8) is 0 Å². The third-order valence-corrected chi connectivity index (χ3v) is 4.52. The fraction of sp³-hybridized carbons (Fsp3) is 0.333. The van der Waals surface area contributed by atoms with Crippen LogP contribution in [0.4, 0.5) is 5.69 Å². The number of rotatable bonds is 7. The molecular formula is C21H24N2O4. The van der Waals surface area contributed by atoms with E-state index < -0.39 is 6.04 Å². The molecule has 2 amide bonds. The second kappa shape index (κ2) is 8.12. The number of anilines is 1. The molecule has 0 spiro atoms. The van der Waals surface area contributed by atoms with Gasteiger partial charge in [0.05, 0.1) is 18.9 Å². The van der Waals surface area contributed by atoms with E-state index >= 15 is 0 Å². The van der Waals surface area contributed by atoms with Gasteiger partial charge in [-0.05, 0) is 44.5 Å². The van der Waals surface area contributed by atoms with Crippen LogP contribution in [0.1, 0.15) is 36.7 Å². The van der Waals surface area contributed by atoms with E-state index in [2.05, 4.69) is 5.32 Å². The molecule has 0 fully saturated rings. The molecule has 2 aromatic rings. The van der Waals surface area contributed by atoms with E-state index in [0.29, 0.717) is 42.5 Å². The lowest BCUT2D eigenvalue weighted by Crippen LogP contribution is -2.42. The lowest BCUT2D eigenvalue weighted by molar-refractivity contribution is -0.120. The molecule has 1 atom stereocenters. The minimum absolute atomic E-state index is 0.124. The number of amides is 2. The molecule has 3 rings (SSSR count). The molecule has 0 radical (unpaired) electrons. The van der Waals surface area contributed by atoms with Crippen molar-refractivity contribution in [1.82, 2.24) is 4.90 Å². The molecule has 1 aliphatic rings. The molecule has 2 aromatic carbocycles. The second-order valence-electron chi connectivity index (χ2n) is 6.28. The fourth-order valence-corrected chi connectivity index (χ4v) is 3.11. The molecule has 0 aromatic heterocycles. The van der Waals surface area contributed by atoms with Crippen LogP contribution < -0.4 is 14.8 Å². The first-order chi connectivity index (χ1) is 13.0. The Hall–Kier alpha value is -3.02. The topological polar surface area (TPSA) is 67.9 Å². The van der Waals surface area contributed by atoms with Crippen LogP contribution >= 0.6 is 0 Å². The van der Waals surface area contributed by atoms with Crippen LogP contribution in [0.3, 0.4) is 0 Å². The van der Waals surface area contributed by atoms with Gasteiger partial charge in [-0.1, -0.05) is 18.2 Å². The largest absolute Gasteiger partial charge is 0.494 e. The highest BCUT2D eigenvalue weighted by Gasteiger charge is 2.33. The van der Waals surface area contributed by atoms with Crippen LogP contribution in [0.5, 0.6) is 11.5 Å². The normalized spacial score (nSPS) is 13.9. The highest BCUT2D eigenvalue weighted by molar-refractivity contribution is 6.03. The van der Waals surface area contributed by atoms with Crippen LogP contribution in [0.2, 0.25) is 0 Å². The average molecular weight is 368 g/mol. The van der Waals surface area contributed by atoms with Gasteiger partial charge in [-0.3, -0.25) is 9.59 Å². The maximum absolute atomic E-state index is 12.8. The zero-order valence-electron chi connectivity index (χ0n) is 15.8. The number of carbonyl (C=O) groups is 2. The summed E-state index contributed by atoms with van der Waals surface area (Å²) < 4.78 is 11.1. The quantitative estimate of drug-likeness (QED) is 0.813. The summed E-state index contributed by atoms with van der Waals surface area (Å²) in [6.07, 6.45) is 0. The van der Waals surface area contributed by atoms with Gasteiger partial charge in [-0.25, -0.2) is 0 Å². The summed E-state index contributed by atoms with van der Waals surface area (Å²) in [6.45, 7) is 6.94. The van der Waals surface area contributed by atoms with Crippen molar-refractivity contribution < 1.29 is 19.1 Å². The van der Waals surface area contributed by atoms with Gasteiger partial charge in [-0.2, -0.15) is 0 Å². The van der Waals surface area contributed by atoms with Crippen molar-refractivity contribution in [2.75, 3.05) is 18.5 Å². The Bertz CT molecular complexity index is 850. The maximum Gasteiger partial charge on any atom is 0.255 e. The van der Waals surface area contributed by atoms with Crippen molar-refractivity contribution in [3.05, 3.63) is 53.6 Å². The molecule has 1 N–H and O–H groups in total. The van der Waals surface area contributed by atoms with Crippen molar-refractivity contribution in [2.45, 2.75) is 33.4 Å². The van der Waals surface area contributed by atoms with Crippen molar-refractivity contribution >= 4 is 17.5 Å². The van der Waals surface area contributed by atoms with E-state index in [1.807, 2.05) is 32.0 Å². The first-order valence-electron chi connectivity index (χ1n) is 9.14. The van der Waals surface area contributed by atoms with Crippen molar-refractivity contribution in [1.29, 1.82) is 0 Å². The monoisotopic (exact) mass is 368 g/mol. The van der Waals surface area contributed by atoms with Gasteiger partial charge in [0.15, 0.2) is 0 Å². The van der Waals surface area contributed by atoms with Gasteiger partial charge >= 0.3 is 0 Å². The number of ether oxygens (including phenoxy) is 2. The van der Waals surface area contributed by atoms with Gasteiger partial charge in [0.25, 0.3) is 5.91 Å². The number of hydrogen-bond acceptors (Lipinski definition) is 4. The fourth-order valence-electron chi connectivity index (χ4n) is 3.11. The van der Waals surface area contributed by atoms with Crippen LogP contribution in [0, 0.1) is 0 Å². The number of nitrogens with one attached hydrogen (secondary N) is 1. The predicted octanol–water partition coefficient (Wildman–Crippen LogP) is 3.47. The molecule has 0 unspecified atom stereocenters. The Labute approximate surface area is 159 Å². The van der Waals surface area contributed by atoms with E-state index in [9.17, 15) is 9.59 Å². The SMILES string of the molecule is CCOc1ccc(OCC)c(NC(=O)[C@@H](C)N2Cc3ccccc3C2=O)c1. The summed E-state index contributed by atoms with van der Waals surface area (Å²) in [4.78, 5) is 27.0. The summed E-state index contributed by atoms with van der Waals surface area (Å²) in [5.74, 6) is 0.818. The first-order valence-corrected chi connectivity index (χ1v) is 9.14. The van der Waals surface area contributed by atoms with Crippen LogP contribution in [0.25, 0.3) is 0 Å². The number of benzene rings is 2. The van der Waals surface area contributed by atoms with E-state index in [4.69, 9.17) is 9.47 Å². The number of nitrogens with zero attached hydrogens (tertiary/aromatic N) is 1. The number of fused-ring (bicyclic) bond motifs is 1. The Morgan fingerprint density at radius 3 is 2.59 bits per heavy atom. The summed E-state index contributed by atoms with van der Waals surface area (Å²) in [6, 6.07) is 12.1. The zero-order valence-corrected chi connectivity index (χ0v) is 15.8. The molecule has 0 saturated carbocycles. The Morgan fingerprint density at radius 2 is 1.89 bits per heavy atom. The third-order valence-electron chi connectivity index (χ3n) is 4.52. The smallest absolute Gasteiger partial charge is 0.255 e. The standard InChI is InChI=1S/C21H24N2O4/c1-4-26-16-10-11-19(27-5-2)18(12-16)22-20(24)14(3)23-13-15-8-6-7-9-17(15)21(23)25/h6-12,14H,4-5,13H2,1-3H3,(H,22,24)/t14-/m1/s1. The summed E-state index contributed by atoms with van der Waals surface area (Å²) in [5.41, 5.74) is 2.13. The molecule has 142 valence electrons. The number of carbonyl (C=O) groups excluding carboxylic acids is 2. The highest BCUT2D eigenvalue weighted by Crippen LogP contribution is 2.30. The lowest BCUT2D eigenvalue weighted by atomic mass is 10.1. The predicted molar refractivity (Wildman–Crippen MR) is 103 cm³/mol. The lowest BCUT2D eigenvalue weighted by Gasteiger charge is -2.24. The van der Waals surface area contributed by atoms with Crippen LogP contribution in [0.15, 0.2) is 42.5 Å². The van der Waals surface area contributed by atoms with Gasteiger partial charge in [0.1, 0.15) is 17.5 Å². The van der Waals surface area contributed by atoms with Crippen LogP contribution in [-0.4, -0.2) is 36.0 Å². The van der Waals surface area contributed by atoms with E-state index in [-0.39, 0.29) is 11.8 Å².